The lowest BCUT2D eigenvalue weighted by Crippen LogP contribution is -2.47. The minimum Gasteiger partial charge on any atom is -0.349 e. The Labute approximate surface area is 178 Å². The average molecular weight is 432 g/mol. The fourth-order valence-electron chi connectivity index (χ4n) is 5.03. The van der Waals surface area contributed by atoms with Crippen molar-refractivity contribution >= 4 is 34.7 Å². The van der Waals surface area contributed by atoms with Crippen LogP contribution in [0.5, 0.6) is 0 Å². The summed E-state index contributed by atoms with van der Waals surface area (Å²) < 4.78 is 0.818. The monoisotopic (exact) mass is 431 g/mol. The molecule has 0 radical (unpaired) electrons. The van der Waals surface area contributed by atoms with E-state index in [1.807, 2.05) is 12.3 Å². The molecule has 4 rings (SSSR count). The highest BCUT2D eigenvalue weighted by atomic mass is 32.2. The van der Waals surface area contributed by atoms with Gasteiger partial charge in [-0.1, -0.05) is 32.5 Å². The number of amides is 1. The van der Waals surface area contributed by atoms with Gasteiger partial charge in [0.1, 0.15) is 0 Å². The number of non-ortho nitro benzene ring substituents is 1. The zero-order valence-electron chi connectivity index (χ0n) is 17.0. The minimum absolute atomic E-state index is 0.0494. The molecular formula is C21H25N3O3S2. The van der Waals surface area contributed by atoms with Crippen molar-refractivity contribution in [1.82, 2.24) is 10.3 Å². The second-order valence-electron chi connectivity index (χ2n) is 8.93. The number of carbonyl (C=O) groups excluding carboxylic acids is 1. The van der Waals surface area contributed by atoms with Gasteiger partial charge in [-0.2, -0.15) is 0 Å². The van der Waals surface area contributed by atoms with Crippen LogP contribution in [-0.2, 0) is 0 Å². The van der Waals surface area contributed by atoms with E-state index in [0.717, 1.165) is 22.9 Å². The number of hydrogen-bond donors (Lipinski definition) is 1. The van der Waals surface area contributed by atoms with Gasteiger partial charge in [0.25, 0.3) is 11.6 Å². The molecule has 2 saturated carbocycles. The number of nitro benzene ring substituents is 1. The summed E-state index contributed by atoms with van der Waals surface area (Å²) in [4.78, 5) is 29.2. The van der Waals surface area contributed by atoms with E-state index in [2.05, 4.69) is 31.1 Å². The van der Waals surface area contributed by atoms with E-state index >= 15 is 0 Å². The lowest BCUT2D eigenvalue weighted by atomic mass is 9.69. The summed E-state index contributed by atoms with van der Waals surface area (Å²) in [5.74, 6) is 0.370. The maximum Gasteiger partial charge on any atom is 0.270 e. The first-order valence-corrected chi connectivity index (χ1v) is 11.5. The van der Waals surface area contributed by atoms with Gasteiger partial charge in [0.15, 0.2) is 4.34 Å². The number of rotatable bonds is 5. The smallest absolute Gasteiger partial charge is 0.270 e. The Balaban J connectivity index is 1.63. The van der Waals surface area contributed by atoms with Gasteiger partial charge in [-0.3, -0.25) is 14.9 Å². The maximum absolute atomic E-state index is 13.3. The molecule has 1 heterocycles. The van der Waals surface area contributed by atoms with Gasteiger partial charge in [0.05, 0.1) is 10.5 Å². The molecule has 3 atom stereocenters. The third-order valence-electron chi connectivity index (χ3n) is 7.31. The zero-order chi connectivity index (χ0) is 21.0. The molecular weight excluding hydrogens is 406 g/mol. The molecule has 1 aromatic heterocycles. The fraction of sp³-hybridized carbons (Fsp3) is 0.524. The Morgan fingerprint density at radius 1 is 1.38 bits per heavy atom. The van der Waals surface area contributed by atoms with Gasteiger partial charge in [-0.15, -0.1) is 11.3 Å². The van der Waals surface area contributed by atoms with Gasteiger partial charge in [-0.05, 0) is 49.0 Å². The number of nitrogens with zero attached hydrogens (tertiary/aromatic N) is 2. The van der Waals surface area contributed by atoms with Crippen LogP contribution in [0.4, 0.5) is 5.69 Å². The minimum atomic E-state index is -0.458. The number of carbonyl (C=O) groups is 1. The first-order chi connectivity index (χ1) is 13.6. The molecule has 0 saturated heterocycles. The van der Waals surface area contributed by atoms with Crippen molar-refractivity contribution < 1.29 is 9.72 Å². The van der Waals surface area contributed by atoms with E-state index in [0.29, 0.717) is 16.4 Å². The van der Waals surface area contributed by atoms with Crippen LogP contribution in [0.3, 0.4) is 0 Å². The lowest BCUT2D eigenvalue weighted by Gasteiger charge is -2.39. The summed E-state index contributed by atoms with van der Waals surface area (Å²) >= 11 is 2.88. The van der Waals surface area contributed by atoms with Crippen LogP contribution in [0.2, 0.25) is 0 Å². The van der Waals surface area contributed by atoms with Crippen molar-refractivity contribution in [2.75, 3.05) is 0 Å². The second kappa shape index (κ2) is 7.09. The largest absolute Gasteiger partial charge is 0.349 e. The van der Waals surface area contributed by atoms with Crippen molar-refractivity contribution in [3.63, 3.8) is 0 Å². The Morgan fingerprint density at radius 2 is 2.14 bits per heavy atom. The number of aromatic nitrogens is 1. The molecule has 2 aliphatic rings. The van der Waals surface area contributed by atoms with Crippen LogP contribution in [0, 0.1) is 33.8 Å². The van der Waals surface area contributed by atoms with Crippen molar-refractivity contribution in [3.05, 3.63) is 45.0 Å². The molecule has 6 nitrogen and oxygen atoms in total. The Kier molecular flexibility index (Phi) is 4.98. The van der Waals surface area contributed by atoms with Gasteiger partial charge in [0.2, 0.25) is 0 Å². The topological polar surface area (TPSA) is 85.1 Å². The molecule has 2 aromatic rings. The third-order valence-corrected chi connectivity index (χ3v) is 9.45. The van der Waals surface area contributed by atoms with Gasteiger partial charge >= 0.3 is 0 Å². The van der Waals surface area contributed by atoms with Crippen molar-refractivity contribution in [3.8, 4) is 0 Å². The molecule has 2 bridgehead atoms. The van der Waals surface area contributed by atoms with Crippen LogP contribution in [0.1, 0.15) is 56.1 Å². The van der Waals surface area contributed by atoms with E-state index < -0.39 is 4.92 Å². The summed E-state index contributed by atoms with van der Waals surface area (Å²) in [6, 6.07) is 4.57. The zero-order valence-corrected chi connectivity index (χ0v) is 18.7. The SMILES string of the molecule is Cc1csc(Sc2ccc([N+](=O)[O-])cc2C(=O)N[C@@H]2C[C@@H]3CC[C@]2(C)C3(C)C)n1. The van der Waals surface area contributed by atoms with Crippen LogP contribution < -0.4 is 5.32 Å². The maximum atomic E-state index is 13.3. The molecule has 1 amide bonds. The molecule has 154 valence electrons. The van der Waals surface area contributed by atoms with Crippen LogP contribution in [0.15, 0.2) is 32.8 Å². The Morgan fingerprint density at radius 3 is 2.69 bits per heavy atom. The number of aryl methyl sites for hydroxylation is 1. The number of benzene rings is 1. The molecule has 8 heteroatoms. The number of hydrogen-bond acceptors (Lipinski definition) is 6. The first kappa shape index (κ1) is 20.3. The van der Waals surface area contributed by atoms with Crippen LogP contribution in [0.25, 0.3) is 0 Å². The fourth-order valence-corrected chi connectivity index (χ4v) is 6.93. The highest BCUT2D eigenvalue weighted by Gasteiger charge is 2.61. The number of nitrogens with one attached hydrogen (secondary N) is 1. The molecule has 2 aliphatic carbocycles. The molecule has 1 N–H and O–H groups in total. The van der Waals surface area contributed by atoms with Gasteiger partial charge in [0, 0.05) is 34.1 Å². The highest BCUT2D eigenvalue weighted by molar-refractivity contribution is 8.01. The number of fused-ring (bicyclic) bond motifs is 2. The first-order valence-electron chi connectivity index (χ1n) is 9.81. The Bertz CT molecular complexity index is 987. The molecule has 2 fully saturated rings. The molecule has 1 aromatic carbocycles. The standard InChI is InChI=1S/C21H25N3O3S2/c1-12-11-28-19(22-12)29-16-6-5-14(24(26)27)10-15(16)18(25)23-17-9-13-7-8-21(17,4)20(13,2)3/h5-6,10-11,13,17H,7-9H2,1-4H3,(H,23,25)/t13-,17+,21-/m0/s1. The van der Waals surface area contributed by atoms with Gasteiger partial charge < -0.3 is 5.32 Å². The quantitative estimate of drug-likeness (QED) is 0.502. The normalized spacial score (nSPS) is 27.2. The van der Waals surface area contributed by atoms with Crippen LogP contribution >= 0.6 is 23.1 Å². The summed E-state index contributed by atoms with van der Waals surface area (Å²) in [6.45, 7) is 8.79. The van der Waals surface area contributed by atoms with Crippen molar-refractivity contribution in [2.24, 2.45) is 16.7 Å². The van der Waals surface area contributed by atoms with Crippen molar-refractivity contribution in [1.29, 1.82) is 0 Å². The third kappa shape index (κ3) is 3.36. The van der Waals surface area contributed by atoms with Gasteiger partial charge in [-0.25, -0.2) is 4.98 Å². The number of thiazole rings is 1. The highest BCUT2D eigenvalue weighted by Crippen LogP contribution is 2.65. The summed E-state index contributed by atoms with van der Waals surface area (Å²) in [5.41, 5.74) is 1.43. The summed E-state index contributed by atoms with van der Waals surface area (Å²) in [6.07, 6.45) is 3.28. The van der Waals surface area contributed by atoms with Crippen molar-refractivity contribution in [2.45, 2.75) is 62.2 Å². The predicted octanol–water partition coefficient (Wildman–Crippen LogP) is 5.46. The summed E-state index contributed by atoms with van der Waals surface area (Å²) in [5, 5.41) is 16.5. The Hall–Kier alpha value is -1.93. The van der Waals surface area contributed by atoms with E-state index in [-0.39, 0.29) is 28.5 Å². The summed E-state index contributed by atoms with van der Waals surface area (Å²) in [7, 11) is 0. The average Bonchev–Trinajstić information content (AvgIpc) is 3.22. The van der Waals surface area contributed by atoms with E-state index in [1.54, 1.807) is 6.07 Å². The molecule has 0 aliphatic heterocycles. The molecule has 0 spiro atoms. The van der Waals surface area contributed by atoms with E-state index in [1.165, 1.54) is 41.7 Å². The molecule has 0 unspecified atom stereocenters. The lowest BCUT2D eigenvalue weighted by molar-refractivity contribution is -0.384. The molecule has 29 heavy (non-hydrogen) atoms. The number of nitro groups is 1. The van der Waals surface area contributed by atoms with E-state index in [4.69, 9.17) is 0 Å². The second-order valence-corrected chi connectivity index (χ2v) is 11.1. The van der Waals surface area contributed by atoms with Crippen LogP contribution in [-0.4, -0.2) is 21.9 Å². The van der Waals surface area contributed by atoms with E-state index in [9.17, 15) is 14.9 Å². The predicted molar refractivity (Wildman–Crippen MR) is 115 cm³/mol.